The minimum absolute atomic E-state index is 0.00278. The fourth-order valence-electron chi connectivity index (χ4n) is 3.24. The van der Waals surface area contributed by atoms with Gasteiger partial charge in [0.1, 0.15) is 5.65 Å². The Labute approximate surface area is 174 Å². The van der Waals surface area contributed by atoms with Crippen molar-refractivity contribution in [2.24, 2.45) is 0 Å². The van der Waals surface area contributed by atoms with Gasteiger partial charge in [0, 0.05) is 16.2 Å². The monoisotopic (exact) mass is 390 g/mol. The SMILES string of the molecule is CC.CC.CC.CC.O=c1c2cccc3cccc(c32)c2nc3ccccc3n12. The second-order valence-electron chi connectivity index (χ2n) is 5.27. The Morgan fingerprint density at radius 3 is 1.83 bits per heavy atom. The largest absolute Gasteiger partial charge is 0.268 e. The van der Waals surface area contributed by atoms with E-state index in [4.69, 9.17) is 0 Å². The molecule has 2 heterocycles. The summed E-state index contributed by atoms with van der Waals surface area (Å²) in [5.41, 5.74) is 2.46. The van der Waals surface area contributed by atoms with Crippen LogP contribution in [-0.2, 0) is 0 Å². The molecule has 0 fully saturated rings. The minimum Gasteiger partial charge on any atom is -0.268 e. The third-order valence-electron chi connectivity index (χ3n) is 4.14. The smallest absolute Gasteiger partial charge is 0.264 e. The Balaban J connectivity index is 0.000000475. The van der Waals surface area contributed by atoms with Crippen LogP contribution in [0.4, 0.5) is 0 Å². The first-order valence-corrected chi connectivity index (χ1v) is 10.9. The summed E-state index contributed by atoms with van der Waals surface area (Å²) >= 11 is 0. The Morgan fingerprint density at radius 2 is 1.21 bits per heavy atom. The molecule has 0 amide bonds. The molecule has 0 N–H and O–H groups in total. The van der Waals surface area contributed by atoms with Crippen molar-refractivity contribution in [3.8, 4) is 0 Å². The molecule has 154 valence electrons. The molecule has 29 heavy (non-hydrogen) atoms. The van der Waals surface area contributed by atoms with E-state index in [1.54, 1.807) is 4.40 Å². The van der Waals surface area contributed by atoms with E-state index in [-0.39, 0.29) is 5.56 Å². The van der Waals surface area contributed by atoms with Crippen LogP contribution < -0.4 is 5.56 Å². The zero-order chi connectivity index (χ0) is 22.0. The van der Waals surface area contributed by atoms with Crippen LogP contribution in [0.3, 0.4) is 0 Å². The Morgan fingerprint density at radius 1 is 0.655 bits per heavy atom. The van der Waals surface area contributed by atoms with Gasteiger partial charge in [0.2, 0.25) is 0 Å². The normalized spacial score (nSPS) is 9.52. The summed E-state index contributed by atoms with van der Waals surface area (Å²) < 4.78 is 1.73. The quantitative estimate of drug-likeness (QED) is 0.271. The molecule has 0 bridgehead atoms. The average Bonchev–Trinajstić information content (AvgIpc) is 3.23. The molecular weight excluding hydrogens is 356 g/mol. The highest BCUT2D eigenvalue weighted by Gasteiger charge is 2.14. The van der Waals surface area contributed by atoms with E-state index in [0.29, 0.717) is 0 Å². The second-order valence-corrected chi connectivity index (χ2v) is 5.27. The highest BCUT2D eigenvalue weighted by molar-refractivity contribution is 6.15. The molecule has 5 rings (SSSR count). The van der Waals surface area contributed by atoms with Gasteiger partial charge in [0.25, 0.3) is 5.56 Å². The second kappa shape index (κ2) is 11.8. The summed E-state index contributed by atoms with van der Waals surface area (Å²) in [5, 5.41) is 3.86. The average molecular weight is 391 g/mol. The van der Waals surface area contributed by atoms with Crippen molar-refractivity contribution in [2.45, 2.75) is 55.4 Å². The van der Waals surface area contributed by atoms with Crippen LogP contribution in [-0.4, -0.2) is 9.38 Å². The zero-order valence-electron chi connectivity index (χ0n) is 19.1. The van der Waals surface area contributed by atoms with Crippen LogP contribution >= 0.6 is 0 Å². The minimum atomic E-state index is 0.00278. The van der Waals surface area contributed by atoms with Crippen molar-refractivity contribution in [1.29, 1.82) is 0 Å². The van der Waals surface area contributed by atoms with Gasteiger partial charge in [-0.3, -0.25) is 9.20 Å². The van der Waals surface area contributed by atoms with Crippen molar-refractivity contribution >= 4 is 38.2 Å². The van der Waals surface area contributed by atoms with Crippen LogP contribution in [0.5, 0.6) is 0 Å². The van der Waals surface area contributed by atoms with E-state index >= 15 is 0 Å². The van der Waals surface area contributed by atoms with Crippen molar-refractivity contribution in [3.05, 3.63) is 71.0 Å². The number of hydrogen-bond acceptors (Lipinski definition) is 2. The van der Waals surface area contributed by atoms with E-state index in [2.05, 4.69) is 4.98 Å². The van der Waals surface area contributed by atoms with E-state index in [1.807, 2.05) is 116 Å². The van der Waals surface area contributed by atoms with E-state index in [1.165, 1.54) is 0 Å². The van der Waals surface area contributed by atoms with Crippen LogP contribution in [0.2, 0.25) is 0 Å². The number of pyridine rings is 1. The Kier molecular flexibility index (Phi) is 9.81. The first kappa shape index (κ1) is 24.1. The summed E-state index contributed by atoms with van der Waals surface area (Å²) in [5.74, 6) is 0. The molecule has 2 aromatic heterocycles. The third-order valence-corrected chi connectivity index (χ3v) is 4.14. The summed E-state index contributed by atoms with van der Waals surface area (Å²) in [7, 11) is 0. The Bertz CT molecular complexity index is 1200. The van der Waals surface area contributed by atoms with Gasteiger partial charge < -0.3 is 0 Å². The first-order valence-electron chi connectivity index (χ1n) is 10.9. The van der Waals surface area contributed by atoms with Crippen molar-refractivity contribution in [3.63, 3.8) is 0 Å². The fraction of sp³-hybridized carbons (Fsp3) is 0.308. The molecule has 0 atom stereocenters. The molecule has 3 heteroatoms. The van der Waals surface area contributed by atoms with Crippen molar-refractivity contribution in [1.82, 2.24) is 9.38 Å². The molecule has 3 nitrogen and oxygen atoms in total. The number of para-hydroxylation sites is 2. The molecule has 0 radical (unpaired) electrons. The number of imidazole rings is 1. The predicted molar refractivity (Wildman–Crippen MR) is 131 cm³/mol. The lowest BCUT2D eigenvalue weighted by atomic mass is 10.0. The highest BCUT2D eigenvalue weighted by Crippen LogP contribution is 2.29. The van der Waals surface area contributed by atoms with Gasteiger partial charge in [0.15, 0.2) is 0 Å². The van der Waals surface area contributed by atoms with Crippen LogP contribution in [0.15, 0.2) is 65.5 Å². The van der Waals surface area contributed by atoms with Crippen LogP contribution in [0, 0.1) is 0 Å². The van der Waals surface area contributed by atoms with E-state index in [0.717, 1.165) is 38.2 Å². The zero-order valence-corrected chi connectivity index (χ0v) is 19.1. The summed E-state index contributed by atoms with van der Waals surface area (Å²) in [6.07, 6.45) is 0. The molecule has 0 saturated heterocycles. The third kappa shape index (κ3) is 4.24. The van der Waals surface area contributed by atoms with Gasteiger partial charge in [-0.25, -0.2) is 4.98 Å². The lowest BCUT2D eigenvalue weighted by Gasteiger charge is -2.06. The fourth-order valence-corrected chi connectivity index (χ4v) is 3.24. The summed E-state index contributed by atoms with van der Waals surface area (Å²) in [6, 6.07) is 19.7. The number of rotatable bonds is 0. The van der Waals surface area contributed by atoms with Gasteiger partial charge in [-0.05, 0) is 23.6 Å². The van der Waals surface area contributed by atoms with Crippen molar-refractivity contribution < 1.29 is 0 Å². The standard InChI is InChI=1S/C18H10N2O.4C2H6/c21-18-13-8-4-6-11-5-3-7-12(16(11)13)17-19-14-9-1-2-10-15(14)20(17)18;4*1-2/h1-10H;4*1-2H3. The van der Waals surface area contributed by atoms with E-state index < -0.39 is 0 Å². The molecule has 5 aromatic rings. The Hall–Kier alpha value is -2.94. The van der Waals surface area contributed by atoms with Crippen LogP contribution in [0.25, 0.3) is 38.2 Å². The maximum atomic E-state index is 12.9. The van der Waals surface area contributed by atoms with Gasteiger partial charge in [-0.2, -0.15) is 0 Å². The lowest BCUT2D eigenvalue weighted by molar-refractivity contribution is 1.19. The highest BCUT2D eigenvalue weighted by atomic mass is 16.1. The topological polar surface area (TPSA) is 34.4 Å². The maximum absolute atomic E-state index is 12.9. The van der Waals surface area contributed by atoms with E-state index in [9.17, 15) is 4.79 Å². The first-order chi connectivity index (χ1) is 14.3. The summed E-state index contributed by atoms with van der Waals surface area (Å²) in [6.45, 7) is 16.0. The molecule has 0 aliphatic rings. The number of fused-ring (bicyclic) bond motifs is 4. The number of hydrogen-bond donors (Lipinski definition) is 0. The maximum Gasteiger partial charge on any atom is 0.264 e. The van der Waals surface area contributed by atoms with Gasteiger partial charge in [0.05, 0.1) is 11.0 Å². The van der Waals surface area contributed by atoms with Gasteiger partial charge >= 0.3 is 0 Å². The molecule has 0 unspecified atom stereocenters. The van der Waals surface area contributed by atoms with Gasteiger partial charge in [-0.1, -0.05) is 97.9 Å². The number of nitrogens with zero attached hydrogens (tertiary/aromatic N) is 2. The molecular formula is C26H34N2O. The molecule has 0 spiro atoms. The molecule has 3 aromatic carbocycles. The molecule has 0 aliphatic carbocycles. The number of aromatic nitrogens is 2. The van der Waals surface area contributed by atoms with Gasteiger partial charge in [-0.15, -0.1) is 0 Å². The molecule has 0 aliphatic heterocycles. The van der Waals surface area contributed by atoms with Crippen molar-refractivity contribution in [2.75, 3.05) is 0 Å². The lowest BCUT2D eigenvalue weighted by Crippen LogP contribution is -2.13. The number of benzene rings is 3. The van der Waals surface area contributed by atoms with Crippen LogP contribution in [0.1, 0.15) is 55.4 Å². The summed E-state index contributed by atoms with van der Waals surface area (Å²) in [4.78, 5) is 17.6. The molecule has 0 saturated carbocycles. The predicted octanol–water partition coefficient (Wildman–Crippen LogP) is 7.70.